The highest BCUT2D eigenvalue weighted by Gasteiger charge is 2.73. The minimum Gasteiger partial charge on any atom is -0.304 e. The van der Waals surface area contributed by atoms with Gasteiger partial charge in [-0.25, -0.2) is 21.6 Å². The van der Waals surface area contributed by atoms with Crippen LogP contribution in [0.1, 0.15) is 65.9 Å². The van der Waals surface area contributed by atoms with E-state index in [0.717, 1.165) is 12.1 Å². The number of imide groups is 2. The summed E-state index contributed by atoms with van der Waals surface area (Å²) in [4.78, 5) is 64.2. The molecule has 2 unspecified atom stereocenters. The van der Waals surface area contributed by atoms with E-state index in [4.69, 9.17) is 16.6 Å². The number of nitrogens with two attached hydrogens (primary N) is 2. The summed E-state index contributed by atoms with van der Waals surface area (Å²) in [5.74, 6) is 5.95. The number of fused-ring (bicyclic) bond motifs is 2. The van der Waals surface area contributed by atoms with Crippen molar-refractivity contribution in [1.29, 1.82) is 0 Å². The van der Waals surface area contributed by atoms with E-state index in [0.29, 0.717) is 34.1 Å². The number of nitrogens with zero attached hydrogens (tertiary/aromatic N) is 2. The van der Waals surface area contributed by atoms with Crippen LogP contribution in [0.4, 0.5) is 26.3 Å². The maximum atomic E-state index is 15.2. The van der Waals surface area contributed by atoms with Gasteiger partial charge in [0, 0.05) is 11.6 Å². The van der Waals surface area contributed by atoms with Crippen molar-refractivity contribution in [3.05, 3.63) is 130 Å². The Hall–Kier alpha value is -5.16. The molecule has 16 heteroatoms. The summed E-state index contributed by atoms with van der Waals surface area (Å²) in [5, 5.41) is 0. The number of carbonyl (C=O) groups is 4. The Morgan fingerprint density at radius 3 is 1.74 bits per heavy atom. The highest BCUT2D eigenvalue weighted by atomic mass is 19.4. The topological polar surface area (TPSA) is 145 Å². The van der Waals surface area contributed by atoms with Gasteiger partial charge in [-0.1, -0.05) is 30.4 Å². The Kier molecular flexibility index (Phi) is 8.34. The number of hydrogen-bond donors (Lipinski definition) is 2. The molecule has 4 amide bonds. The summed E-state index contributed by atoms with van der Waals surface area (Å²) in [6.45, 7) is 1.68. The molecule has 2 aliphatic carbocycles. The fourth-order valence-corrected chi connectivity index (χ4v) is 6.39. The number of hydrogen-bond acceptors (Lipinski definition) is 8. The standard InChI is InChI=1S/C34H26F6N4O6/c1-31(50-42)13-2-3-21(12-14-31)43-27(45)23-10-6-19(15-25(23)29(43)47)32(33(35,36)37,34(38,39)40)20-7-11-24-26(16-20)30(48)44(28(24)46)22-8-4-18(5-9-22)17-49-41/h2-4,6-16,18H,5,17,41-42H2,1H3. The number of alkyl halides is 6. The highest BCUT2D eigenvalue weighted by Crippen LogP contribution is 2.57. The lowest BCUT2D eigenvalue weighted by molar-refractivity contribution is -0.288. The number of allylic oxidation sites excluding steroid dienone is 5. The second-order valence-electron chi connectivity index (χ2n) is 12.1. The van der Waals surface area contributed by atoms with Gasteiger partial charge in [-0.15, -0.1) is 0 Å². The van der Waals surface area contributed by atoms with Gasteiger partial charge in [0.2, 0.25) is 5.41 Å². The van der Waals surface area contributed by atoms with Crippen molar-refractivity contribution in [2.75, 3.05) is 6.61 Å². The maximum Gasteiger partial charge on any atom is 0.411 e. The zero-order valence-electron chi connectivity index (χ0n) is 25.8. The molecule has 2 atom stereocenters. The molecule has 6 rings (SSSR count). The molecule has 2 heterocycles. The summed E-state index contributed by atoms with van der Waals surface area (Å²) < 4.78 is 90.9. The third kappa shape index (κ3) is 5.22. The molecule has 260 valence electrons. The molecule has 0 saturated heterocycles. The molecular weight excluding hydrogens is 674 g/mol. The molecule has 0 radical (unpaired) electrons. The molecule has 0 aromatic heterocycles. The average molecular weight is 701 g/mol. The van der Waals surface area contributed by atoms with Crippen LogP contribution in [0.3, 0.4) is 0 Å². The molecule has 0 spiro atoms. The third-order valence-electron chi connectivity index (χ3n) is 9.02. The van der Waals surface area contributed by atoms with Crippen LogP contribution in [0.5, 0.6) is 0 Å². The summed E-state index contributed by atoms with van der Waals surface area (Å²) in [6, 6.07) is 3.17. The fraction of sp³-hybridized carbons (Fsp3) is 0.235. The molecule has 10 nitrogen and oxygen atoms in total. The van der Waals surface area contributed by atoms with E-state index >= 15 is 26.3 Å². The summed E-state index contributed by atoms with van der Waals surface area (Å²) in [6.07, 6.45) is -0.533. The lowest BCUT2D eigenvalue weighted by Gasteiger charge is -2.38. The van der Waals surface area contributed by atoms with Crippen LogP contribution in [0.25, 0.3) is 0 Å². The molecule has 2 aliphatic heterocycles. The third-order valence-corrected chi connectivity index (χ3v) is 9.02. The molecule has 4 N–H and O–H groups in total. The van der Waals surface area contributed by atoms with Crippen molar-refractivity contribution in [1.82, 2.24) is 9.80 Å². The van der Waals surface area contributed by atoms with Crippen molar-refractivity contribution in [2.24, 2.45) is 17.7 Å². The monoisotopic (exact) mass is 700 g/mol. The van der Waals surface area contributed by atoms with Crippen molar-refractivity contribution in [3.63, 3.8) is 0 Å². The van der Waals surface area contributed by atoms with Crippen LogP contribution in [-0.2, 0) is 15.1 Å². The molecule has 0 fully saturated rings. The van der Waals surface area contributed by atoms with Crippen molar-refractivity contribution in [2.45, 2.75) is 36.7 Å². The van der Waals surface area contributed by atoms with Gasteiger partial charge in [-0.3, -0.25) is 24.0 Å². The van der Waals surface area contributed by atoms with Gasteiger partial charge in [-0.05, 0) is 79.1 Å². The molecule has 4 aliphatic rings. The Morgan fingerprint density at radius 1 is 0.760 bits per heavy atom. The van der Waals surface area contributed by atoms with Gasteiger partial charge in [0.1, 0.15) is 5.60 Å². The lowest BCUT2D eigenvalue weighted by Crippen LogP contribution is -2.55. The molecule has 2 aromatic carbocycles. The van der Waals surface area contributed by atoms with Crippen LogP contribution >= 0.6 is 0 Å². The van der Waals surface area contributed by atoms with Crippen LogP contribution in [0.15, 0.2) is 96.4 Å². The first-order chi connectivity index (χ1) is 23.5. The number of halogens is 6. The molecule has 50 heavy (non-hydrogen) atoms. The zero-order chi connectivity index (χ0) is 36.4. The van der Waals surface area contributed by atoms with Gasteiger partial charge in [-0.2, -0.15) is 26.3 Å². The molecular formula is C34H26F6N4O6. The molecule has 0 bridgehead atoms. The van der Waals surface area contributed by atoms with E-state index < -0.39 is 80.4 Å². The minimum atomic E-state index is -6.11. The predicted molar refractivity (Wildman–Crippen MR) is 162 cm³/mol. The normalized spacial score (nSPS) is 22.2. The number of benzene rings is 2. The van der Waals surface area contributed by atoms with Crippen LogP contribution in [0, 0.1) is 5.92 Å². The largest absolute Gasteiger partial charge is 0.411 e. The number of amides is 4. The minimum absolute atomic E-state index is 0.0507. The Labute approximate surface area is 279 Å². The van der Waals surface area contributed by atoms with Crippen LogP contribution in [-0.4, -0.2) is 58.0 Å². The maximum absolute atomic E-state index is 15.2. The summed E-state index contributed by atoms with van der Waals surface area (Å²) >= 11 is 0. The molecule has 0 saturated carbocycles. The Balaban J connectivity index is 1.44. The van der Waals surface area contributed by atoms with Gasteiger partial charge < -0.3 is 4.84 Å². The van der Waals surface area contributed by atoms with Gasteiger partial charge >= 0.3 is 12.4 Å². The van der Waals surface area contributed by atoms with Gasteiger partial charge in [0.25, 0.3) is 23.6 Å². The Morgan fingerprint density at radius 2 is 1.28 bits per heavy atom. The average Bonchev–Trinajstić information content (AvgIpc) is 3.34. The summed E-state index contributed by atoms with van der Waals surface area (Å²) in [5.41, 5.74) is -11.0. The van der Waals surface area contributed by atoms with E-state index in [1.54, 1.807) is 13.0 Å². The first-order valence-electron chi connectivity index (χ1n) is 14.9. The number of rotatable bonds is 7. The quantitative estimate of drug-likeness (QED) is 0.225. The van der Waals surface area contributed by atoms with Crippen LogP contribution in [0.2, 0.25) is 0 Å². The van der Waals surface area contributed by atoms with Crippen LogP contribution < -0.4 is 11.8 Å². The second kappa shape index (κ2) is 12.0. The fourth-order valence-electron chi connectivity index (χ4n) is 6.39. The summed E-state index contributed by atoms with van der Waals surface area (Å²) in [7, 11) is 0. The zero-order valence-corrected chi connectivity index (χ0v) is 25.8. The number of carbonyl (C=O) groups excluding carboxylic acids is 4. The van der Waals surface area contributed by atoms with E-state index in [9.17, 15) is 19.2 Å². The first-order valence-corrected chi connectivity index (χ1v) is 14.9. The highest BCUT2D eigenvalue weighted by molar-refractivity contribution is 6.23. The predicted octanol–water partition coefficient (Wildman–Crippen LogP) is 5.30. The van der Waals surface area contributed by atoms with E-state index in [2.05, 4.69) is 4.84 Å². The Bertz CT molecular complexity index is 1980. The smallest absolute Gasteiger partial charge is 0.304 e. The van der Waals surface area contributed by atoms with E-state index in [1.165, 1.54) is 42.5 Å². The first kappa shape index (κ1) is 34.7. The van der Waals surface area contributed by atoms with Crippen molar-refractivity contribution >= 4 is 23.6 Å². The van der Waals surface area contributed by atoms with E-state index in [-0.39, 0.29) is 30.3 Å². The molecule has 2 aromatic rings. The van der Waals surface area contributed by atoms with Gasteiger partial charge in [0.05, 0.1) is 34.6 Å². The van der Waals surface area contributed by atoms with Crippen molar-refractivity contribution < 1.29 is 55.2 Å². The van der Waals surface area contributed by atoms with Gasteiger partial charge in [0.15, 0.2) is 0 Å². The SMILES string of the molecule is CC1(ON)C=CC=C(N2C(=O)c3ccc(C(c4ccc5c(c4)C(=O)N(C4=CCC(CON)C=C4)C5=O)(C(F)(F)F)C(F)(F)F)cc3C2=O)C=C1. The van der Waals surface area contributed by atoms with E-state index in [1.807, 2.05) is 0 Å². The second-order valence-corrected chi connectivity index (χ2v) is 12.1. The lowest BCUT2D eigenvalue weighted by atomic mass is 9.71. The van der Waals surface area contributed by atoms with Crippen molar-refractivity contribution in [3.8, 4) is 0 Å².